The molecule has 0 bridgehead atoms. The number of amides is 1. The van der Waals surface area contributed by atoms with E-state index in [0.717, 1.165) is 0 Å². The number of nitro groups is 1. The van der Waals surface area contributed by atoms with Crippen LogP contribution in [0.5, 0.6) is 5.75 Å². The van der Waals surface area contributed by atoms with E-state index in [9.17, 15) is 19.7 Å². The molecule has 0 radical (unpaired) electrons. The van der Waals surface area contributed by atoms with Crippen LogP contribution in [0.1, 0.15) is 12.5 Å². The van der Waals surface area contributed by atoms with Crippen LogP contribution in [0.25, 0.3) is 0 Å². The van der Waals surface area contributed by atoms with Gasteiger partial charge in [-0.3, -0.25) is 14.9 Å². The van der Waals surface area contributed by atoms with Gasteiger partial charge in [0.1, 0.15) is 6.04 Å². The van der Waals surface area contributed by atoms with Crippen molar-refractivity contribution in [1.82, 2.24) is 5.32 Å². The zero-order valence-corrected chi connectivity index (χ0v) is 11.0. The van der Waals surface area contributed by atoms with Gasteiger partial charge in [-0.2, -0.15) is 0 Å². The van der Waals surface area contributed by atoms with Gasteiger partial charge in [0.2, 0.25) is 5.91 Å². The first-order valence-electron chi connectivity index (χ1n) is 5.66. The maximum atomic E-state index is 11.0. The standard InChI is InChI=1S/C12H14N2O6/c1-7(15)13-9(12(16)17)5-8-3-4-11(20-2)10(6-8)14(18)19/h3-4,6,9H,5H2,1-2H3,(H,13,15)(H,16,17). The lowest BCUT2D eigenvalue weighted by Gasteiger charge is -2.13. The summed E-state index contributed by atoms with van der Waals surface area (Å²) in [5, 5.41) is 22.1. The highest BCUT2D eigenvalue weighted by atomic mass is 16.6. The Morgan fingerprint density at radius 1 is 1.50 bits per heavy atom. The fourth-order valence-corrected chi connectivity index (χ4v) is 1.69. The Balaban J connectivity index is 3.01. The van der Waals surface area contributed by atoms with E-state index < -0.39 is 22.8 Å². The molecule has 20 heavy (non-hydrogen) atoms. The quantitative estimate of drug-likeness (QED) is 0.586. The fraction of sp³-hybridized carbons (Fsp3) is 0.333. The molecule has 0 heterocycles. The van der Waals surface area contributed by atoms with Crippen LogP contribution in [-0.2, 0) is 16.0 Å². The third kappa shape index (κ3) is 3.94. The number of nitrogens with zero attached hydrogens (tertiary/aromatic N) is 1. The zero-order chi connectivity index (χ0) is 15.3. The summed E-state index contributed by atoms with van der Waals surface area (Å²) < 4.78 is 4.85. The summed E-state index contributed by atoms with van der Waals surface area (Å²) in [5.74, 6) is -1.61. The van der Waals surface area contributed by atoms with Crippen LogP contribution in [-0.4, -0.2) is 35.1 Å². The number of hydrogen-bond acceptors (Lipinski definition) is 5. The van der Waals surface area contributed by atoms with Crippen molar-refractivity contribution < 1.29 is 24.4 Å². The van der Waals surface area contributed by atoms with Crippen molar-refractivity contribution in [2.24, 2.45) is 0 Å². The molecule has 8 nitrogen and oxygen atoms in total. The van der Waals surface area contributed by atoms with Gasteiger partial charge in [0, 0.05) is 19.4 Å². The van der Waals surface area contributed by atoms with Crippen molar-refractivity contribution in [3.63, 3.8) is 0 Å². The second-order valence-corrected chi connectivity index (χ2v) is 4.06. The molecular formula is C12H14N2O6. The summed E-state index contributed by atoms with van der Waals surface area (Å²) in [5.41, 5.74) is 0.163. The molecule has 8 heteroatoms. The molecular weight excluding hydrogens is 268 g/mol. The summed E-state index contributed by atoms with van der Waals surface area (Å²) in [6.45, 7) is 1.20. The van der Waals surface area contributed by atoms with E-state index in [0.29, 0.717) is 5.56 Å². The number of benzene rings is 1. The molecule has 0 aliphatic rings. The topological polar surface area (TPSA) is 119 Å². The van der Waals surface area contributed by atoms with Crippen LogP contribution in [0.3, 0.4) is 0 Å². The van der Waals surface area contributed by atoms with Gasteiger partial charge in [0.25, 0.3) is 0 Å². The Morgan fingerprint density at radius 3 is 2.60 bits per heavy atom. The summed E-state index contributed by atoms with van der Waals surface area (Å²) in [4.78, 5) is 32.2. The van der Waals surface area contributed by atoms with E-state index >= 15 is 0 Å². The molecule has 2 N–H and O–H groups in total. The van der Waals surface area contributed by atoms with E-state index in [4.69, 9.17) is 9.84 Å². The van der Waals surface area contributed by atoms with Gasteiger partial charge in [-0.1, -0.05) is 6.07 Å². The van der Waals surface area contributed by atoms with Crippen molar-refractivity contribution in [1.29, 1.82) is 0 Å². The van der Waals surface area contributed by atoms with Gasteiger partial charge in [-0.25, -0.2) is 4.79 Å². The van der Waals surface area contributed by atoms with Crippen molar-refractivity contribution in [3.8, 4) is 5.75 Å². The van der Waals surface area contributed by atoms with Gasteiger partial charge in [-0.05, 0) is 11.6 Å². The second kappa shape index (κ2) is 6.50. The molecule has 0 saturated heterocycles. The minimum absolute atomic E-state index is 0.0558. The number of ether oxygens (including phenoxy) is 1. The molecule has 0 spiro atoms. The van der Waals surface area contributed by atoms with Crippen LogP contribution in [0.15, 0.2) is 18.2 Å². The number of methoxy groups -OCH3 is 1. The van der Waals surface area contributed by atoms with E-state index in [1.807, 2.05) is 0 Å². The molecule has 1 atom stereocenters. The number of nitrogens with one attached hydrogen (secondary N) is 1. The van der Waals surface area contributed by atoms with Crippen LogP contribution < -0.4 is 10.1 Å². The highest BCUT2D eigenvalue weighted by Gasteiger charge is 2.21. The highest BCUT2D eigenvalue weighted by molar-refractivity contribution is 5.82. The maximum Gasteiger partial charge on any atom is 0.326 e. The summed E-state index contributed by atoms with van der Waals surface area (Å²) in [7, 11) is 1.30. The molecule has 1 aromatic rings. The highest BCUT2D eigenvalue weighted by Crippen LogP contribution is 2.27. The van der Waals surface area contributed by atoms with Gasteiger partial charge in [-0.15, -0.1) is 0 Å². The van der Waals surface area contributed by atoms with Gasteiger partial charge in [0.15, 0.2) is 5.75 Å². The first kappa shape index (κ1) is 15.4. The molecule has 108 valence electrons. The zero-order valence-electron chi connectivity index (χ0n) is 11.0. The number of carbonyl (C=O) groups is 2. The lowest BCUT2D eigenvalue weighted by molar-refractivity contribution is -0.385. The van der Waals surface area contributed by atoms with Gasteiger partial charge in [0.05, 0.1) is 12.0 Å². The summed E-state index contributed by atoms with van der Waals surface area (Å²) in [6.07, 6.45) is -0.0558. The Kier molecular flexibility index (Phi) is 5.01. The van der Waals surface area contributed by atoms with E-state index in [2.05, 4.69) is 5.32 Å². The Labute approximate surface area is 114 Å². The first-order valence-corrected chi connectivity index (χ1v) is 5.66. The minimum atomic E-state index is -1.21. The van der Waals surface area contributed by atoms with Crippen molar-refractivity contribution >= 4 is 17.6 Å². The second-order valence-electron chi connectivity index (χ2n) is 4.06. The van der Waals surface area contributed by atoms with Gasteiger partial charge < -0.3 is 15.2 Å². The van der Waals surface area contributed by atoms with E-state index in [-0.39, 0.29) is 17.9 Å². The third-order valence-electron chi connectivity index (χ3n) is 2.56. The van der Waals surface area contributed by atoms with Crippen molar-refractivity contribution in [2.75, 3.05) is 7.11 Å². The Hall–Kier alpha value is -2.64. The molecule has 1 aromatic carbocycles. The van der Waals surface area contributed by atoms with Crippen LogP contribution in [0.4, 0.5) is 5.69 Å². The molecule has 0 fully saturated rings. The first-order chi connectivity index (χ1) is 9.35. The normalized spacial score (nSPS) is 11.5. The molecule has 0 saturated carbocycles. The average molecular weight is 282 g/mol. The smallest absolute Gasteiger partial charge is 0.326 e. The lowest BCUT2D eigenvalue weighted by Crippen LogP contribution is -2.41. The van der Waals surface area contributed by atoms with E-state index in [1.165, 1.54) is 32.2 Å². The number of aliphatic carboxylic acids is 1. The molecule has 1 amide bonds. The maximum absolute atomic E-state index is 11.0. The SMILES string of the molecule is COc1ccc(CC(NC(C)=O)C(=O)O)cc1[N+](=O)[O-]. The number of nitro benzene ring substituents is 1. The number of rotatable bonds is 6. The predicted molar refractivity (Wildman–Crippen MR) is 68.6 cm³/mol. The molecule has 1 unspecified atom stereocenters. The molecule has 1 rings (SSSR count). The summed E-state index contributed by atoms with van der Waals surface area (Å²) in [6, 6.07) is 3.00. The van der Waals surface area contributed by atoms with Gasteiger partial charge >= 0.3 is 11.7 Å². The Bertz CT molecular complexity index is 543. The third-order valence-corrected chi connectivity index (χ3v) is 2.56. The fourth-order valence-electron chi connectivity index (χ4n) is 1.69. The Morgan fingerprint density at radius 2 is 2.15 bits per heavy atom. The largest absolute Gasteiger partial charge is 0.490 e. The lowest BCUT2D eigenvalue weighted by atomic mass is 10.0. The molecule has 0 aliphatic carbocycles. The van der Waals surface area contributed by atoms with Crippen molar-refractivity contribution in [3.05, 3.63) is 33.9 Å². The van der Waals surface area contributed by atoms with Crippen LogP contribution in [0, 0.1) is 10.1 Å². The predicted octanol–water partition coefficient (Wildman–Crippen LogP) is 0.735. The minimum Gasteiger partial charge on any atom is -0.490 e. The van der Waals surface area contributed by atoms with Crippen LogP contribution >= 0.6 is 0 Å². The number of carbonyl (C=O) groups excluding carboxylic acids is 1. The van der Waals surface area contributed by atoms with Crippen molar-refractivity contribution in [2.45, 2.75) is 19.4 Å². The average Bonchev–Trinajstić information content (AvgIpc) is 2.37. The van der Waals surface area contributed by atoms with E-state index in [1.54, 1.807) is 0 Å². The molecule has 0 aromatic heterocycles. The van der Waals surface area contributed by atoms with Crippen LogP contribution in [0.2, 0.25) is 0 Å². The monoisotopic (exact) mass is 282 g/mol. The summed E-state index contributed by atoms with van der Waals surface area (Å²) >= 11 is 0. The molecule has 0 aliphatic heterocycles. The number of carboxylic acids is 1. The number of hydrogen-bond donors (Lipinski definition) is 2. The number of carboxylic acid groups (broad SMARTS) is 1.